The molecule has 0 amide bonds. The molecule has 0 aliphatic heterocycles. The average Bonchev–Trinajstić information content (AvgIpc) is 2.80. The van der Waals surface area contributed by atoms with Gasteiger partial charge in [-0.25, -0.2) is 0 Å². The molecule has 0 nitrogen and oxygen atoms in total. The van der Waals surface area contributed by atoms with Crippen LogP contribution in [0.25, 0.3) is 27.8 Å². The molecule has 0 N–H and O–H groups in total. The third-order valence-electron chi connectivity index (χ3n) is 6.61. The minimum atomic E-state index is 0.348. The quantitative estimate of drug-likeness (QED) is 0.294. The van der Waals surface area contributed by atoms with Crippen molar-refractivity contribution in [3.8, 4) is 22.3 Å². The first-order chi connectivity index (χ1) is 15.5. The summed E-state index contributed by atoms with van der Waals surface area (Å²) in [6.45, 7) is 13.5. The fourth-order valence-electron chi connectivity index (χ4n) is 4.90. The molecule has 0 radical (unpaired) electrons. The van der Waals surface area contributed by atoms with E-state index in [1.807, 2.05) is 0 Å². The lowest BCUT2D eigenvalue weighted by Gasteiger charge is -2.24. The van der Waals surface area contributed by atoms with Gasteiger partial charge in [0, 0.05) is 0 Å². The lowest BCUT2D eigenvalue weighted by Crippen LogP contribution is -2.04. The molecule has 4 aromatic rings. The lowest BCUT2D eigenvalue weighted by molar-refractivity contribution is 0.788. The highest BCUT2D eigenvalue weighted by Crippen LogP contribution is 2.41. The molecule has 0 saturated carbocycles. The summed E-state index contributed by atoms with van der Waals surface area (Å²) in [6, 6.07) is 32.6. The summed E-state index contributed by atoms with van der Waals surface area (Å²) < 4.78 is 0. The Morgan fingerprint density at radius 3 is 1.72 bits per heavy atom. The van der Waals surface area contributed by atoms with Crippen LogP contribution in [0, 0.1) is 20.8 Å². The molecule has 0 saturated heterocycles. The SMILES string of the molecule is C=C(CC(C)c1c(-c2ccccc2C)ccc(-c2ccccc2C)c1C)c1ccccc1. The van der Waals surface area contributed by atoms with E-state index in [2.05, 4.69) is 125 Å². The van der Waals surface area contributed by atoms with Gasteiger partial charge in [-0.1, -0.05) is 104 Å². The predicted octanol–water partition coefficient (Wildman–Crippen LogP) is 9.15. The van der Waals surface area contributed by atoms with Crippen LogP contribution < -0.4 is 0 Å². The van der Waals surface area contributed by atoms with Crippen molar-refractivity contribution < 1.29 is 0 Å². The Hall–Kier alpha value is -3.38. The van der Waals surface area contributed by atoms with Gasteiger partial charge in [-0.05, 0) is 88.8 Å². The Labute approximate surface area is 193 Å². The molecule has 4 rings (SSSR count). The van der Waals surface area contributed by atoms with E-state index in [0.717, 1.165) is 6.42 Å². The lowest BCUT2D eigenvalue weighted by atomic mass is 9.80. The van der Waals surface area contributed by atoms with Crippen LogP contribution in [0.15, 0.2) is 97.6 Å². The van der Waals surface area contributed by atoms with Gasteiger partial charge >= 0.3 is 0 Å². The molecule has 1 unspecified atom stereocenters. The van der Waals surface area contributed by atoms with Crippen molar-refractivity contribution in [1.29, 1.82) is 0 Å². The largest absolute Gasteiger partial charge is 0.0952 e. The number of allylic oxidation sites excluding steroid dienone is 1. The maximum atomic E-state index is 4.43. The fourth-order valence-corrected chi connectivity index (χ4v) is 4.90. The summed E-state index contributed by atoms with van der Waals surface area (Å²) in [5.41, 5.74) is 13.1. The van der Waals surface area contributed by atoms with Gasteiger partial charge < -0.3 is 0 Å². The Balaban J connectivity index is 1.85. The molecule has 0 heteroatoms. The Kier molecular flexibility index (Phi) is 6.42. The Bertz CT molecular complexity index is 1240. The average molecular weight is 417 g/mol. The zero-order valence-electron chi connectivity index (χ0n) is 19.7. The molecule has 32 heavy (non-hydrogen) atoms. The van der Waals surface area contributed by atoms with Crippen LogP contribution in [0.5, 0.6) is 0 Å². The van der Waals surface area contributed by atoms with Crippen molar-refractivity contribution in [2.24, 2.45) is 0 Å². The second-order valence-corrected chi connectivity index (χ2v) is 8.90. The zero-order valence-corrected chi connectivity index (χ0v) is 19.7. The van der Waals surface area contributed by atoms with Gasteiger partial charge in [0.1, 0.15) is 0 Å². The maximum Gasteiger partial charge on any atom is -0.0141 e. The number of rotatable bonds is 6. The summed E-state index contributed by atoms with van der Waals surface area (Å²) >= 11 is 0. The highest BCUT2D eigenvalue weighted by Gasteiger charge is 2.20. The first-order valence-corrected chi connectivity index (χ1v) is 11.5. The van der Waals surface area contributed by atoms with Crippen LogP contribution >= 0.6 is 0 Å². The van der Waals surface area contributed by atoms with E-state index in [1.54, 1.807) is 0 Å². The molecule has 0 heterocycles. The van der Waals surface area contributed by atoms with Gasteiger partial charge in [0.25, 0.3) is 0 Å². The van der Waals surface area contributed by atoms with E-state index in [1.165, 1.54) is 55.6 Å². The smallest absolute Gasteiger partial charge is 0.0141 e. The number of benzene rings is 4. The van der Waals surface area contributed by atoms with Crippen LogP contribution in [-0.4, -0.2) is 0 Å². The van der Waals surface area contributed by atoms with Gasteiger partial charge in [-0.2, -0.15) is 0 Å². The molecule has 0 aromatic heterocycles. The first kappa shape index (κ1) is 21.8. The molecule has 0 spiro atoms. The molecule has 0 bridgehead atoms. The van der Waals surface area contributed by atoms with E-state index < -0.39 is 0 Å². The van der Waals surface area contributed by atoms with Crippen molar-refractivity contribution >= 4 is 5.57 Å². The molecular formula is C32H32. The van der Waals surface area contributed by atoms with E-state index in [9.17, 15) is 0 Å². The second kappa shape index (κ2) is 9.40. The van der Waals surface area contributed by atoms with Crippen LogP contribution in [0.1, 0.15) is 47.1 Å². The van der Waals surface area contributed by atoms with E-state index in [4.69, 9.17) is 0 Å². The Morgan fingerprint density at radius 1 is 0.625 bits per heavy atom. The number of aryl methyl sites for hydroxylation is 2. The molecule has 160 valence electrons. The van der Waals surface area contributed by atoms with Crippen molar-refractivity contribution in [3.05, 3.63) is 125 Å². The molecule has 0 fully saturated rings. The predicted molar refractivity (Wildman–Crippen MR) is 140 cm³/mol. The molecular weight excluding hydrogens is 384 g/mol. The van der Waals surface area contributed by atoms with Gasteiger partial charge in [-0.15, -0.1) is 0 Å². The normalized spacial score (nSPS) is 11.9. The van der Waals surface area contributed by atoms with E-state index in [0.29, 0.717) is 5.92 Å². The van der Waals surface area contributed by atoms with Crippen LogP contribution in [0.3, 0.4) is 0 Å². The van der Waals surface area contributed by atoms with Gasteiger partial charge in [0.2, 0.25) is 0 Å². The van der Waals surface area contributed by atoms with Crippen molar-refractivity contribution in [2.75, 3.05) is 0 Å². The monoisotopic (exact) mass is 416 g/mol. The summed E-state index contributed by atoms with van der Waals surface area (Å²) in [5, 5.41) is 0. The van der Waals surface area contributed by atoms with E-state index >= 15 is 0 Å². The molecule has 0 aliphatic carbocycles. The third kappa shape index (κ3) is 4.32. The van der Waals surface area contributed by atoms with Crippen LogP contribution in [0.2, 0.25) is 0 Å². The topological polar surface area (TPSA) is 0 Å². The first-order valence-electron chi connectivity index (χ1n) is 11.5. The molecule has 4 aromatic carbocycles. The van der Waals surface area contributed by atoms with Crippen LogP contribution in [-0.2, 0) is 0 Å². The minimum Gasteiger partial charge on any atom is -0.0952 e. The van der Waals surface area contributed by atoms with Crippen molar-refractivity contribution in [3.63, 3.8) is 0 Å². The number of hydrogen-bond acceptors (Lipinski definition) is 0. The van der Waals surface area contributed by atoms with Gasteiger partial charge in [-0.3, -0.25) is 0 Å². The van der Waals surface area contributed by atoms with Crippen LogP contribution in [0.4, 0.5) is 0 Å². The fraction of sp³-hybridized carbons (Fsp3) is 0.188. The summed E-state index contributed by atoms with van der Waals surface area (Å²) in [4.78, 5) is 0. The molecule has 0 aliphatic rings. The highest BCUT2D eigenvalue weighted by molar-refractivity contribution is 5.80. The maximum absolute atomic E-state index is 4.43. The highest BCUT2D eigenvalue weighted by atomic mass is 14.2. The van der Waals surface area contributed by atoms with Crippen molar-refractivity contribution in [1.82, 2.24) is 0 Å². The van der Waals surface area contributed by atoms with Gasteiger partial charge in [0.15, 0.2) is 0 Å². The standard InChI is InChI=1S/C32H32/c1-22-13-9-11-17-28(22)30-19-20-31(29-18-12-10-14-23(29)2)32(26(30)5)25(4)21-24(3)27-15-7-6-8-16-27/h6-20,25H,3,21H2,1-2,4-5H3. The van der Waals surface area contributed by atoms with E-state index in [-0.39, 0.29) is 0 Å². The zero-order chi connectivity index (χ0) is 22.7. The Morgan fingerprint density at radius 2 is 1.12 bits per heavy atom. The number of hydrogen-bond donors (Lipinski definition) is 0. The summed E-state index contributed by atoms with van der Waals surface area (Å²) in [6.07, 6.45) is 0.932. The summed E-state index contributed by atoms with van der Waals surface area (Å²) in [7, 11) is 0. The third-order valence-corrected chi connectivity index (χ3v) is 6.61. The molecule has 1 atom stereocenters. The summed E-state index contributed by atoms with van der Waals surface area (Å²) in [5.74, 6) is 0.348. The van der Waals surface area contributed by atoms with Gasteiger partial charge in [0.05, 0.1) is 0 Å². The minimum absolute atomic E-state index is 0.348. The van der Waals surface area contributed by atoms with Crippen molar-refractivity contribution in [2.45, 2.75) is 40.0 Å². The second-order valence-electron chi connectivity index (χ2n) is 8.90.